The third-order valence-corrected chi connectivity index (χ3v) is 4.23. The Balaban J connectivity index is 1.81. The smallest absolute Gasteiger partial charge is 0.140 e. The largest absolute Gasteiger partial charge is 0.358 e. The molecule has 3 N–H and O–H groups in total. The van der Waals surface area contributed by atoms with Gasteiger partial charge in [-0.15, -0.1) is 0 Å². The molecule has 0 unspecified atom stereocenters. The molecule has 22 heavy (non-hydrogen) atoms. The summed E-state index contributed by atoms with van der Waals surface area (Å²) in [6, 6.07) is 2.10. The van der Waals surface area contributed by atoms with Crippen LogP contribution >= 0.6 is 0 Å². The van der Waals surface area contributed by atoms with Crippen LogP contribution in [0.5, 0.6) is 0 Å². The predicted octanol–water partition coefficient (Wildman–Crippen LogP) is 2.49. The average molecular weight is 296 g/mol. The summed E-state index contributed by atoms with van der Waals surface area (Å²) in [5.41, 5.74) is 3.20. The molecule has 0 bridgehead atoms. The van der Waals surface area contributed by atoms with Crippen molar-refractivity contribution < 1.29 is 0 Å². The molecule has 6 nitrogen and oxygen atoms in total. The number of aromatic nitrogens is 4. The van der Waals surface area contributed by atoms with Gasteiger partial charge in [-0.2, -0.15) is 0 Å². The number of anilines is 1. The highest BCUT2D eigenvalue weighted by Gasteiger charge is 2.17. The van der Waals surface area contributed by atoms with Crippen LogP contribution in [0.1, 0.15) is 19.3 Å². The van der Waals surface area contributed by atoms with Crippen molar-refractivity contribution in [2.75, 3.05) is 24.7 Å². The van der Waals surface area contributed by atoms with Crippen molar-refractivity contribution in [3.8, 4) is 11.4 Å². The number of hydrogen-bond acceptors (Lipinski definition) is 4. The summed E-state index contributed by atoms with van der Waals surface area (Å²) < 4.78 is 0. The molecule has 0 amide bonds. The van der Waals surface area contributed by atoms with Gasteiger partial charge in [0.15, 0.2) is 0 Å². The van der Waals surface area contributed by atoms with Gasteiger partial charge in [0.25, 0.3) is 0 Å². The van der Waals surface area contributed by atoms with E-state index in [-0.39, 0.29) is 0 Å². The summed E-state index contributed by atoms with van der Waals surface area (Å²) in [6.07, 6.45) is 11.3. The van der Waals surface area contributed by atoms with Crippen molar-refractivity contribution in [2.24, 2.45) is 0 Å². The summed E-state index contributed by atoms with van der Waals surface area (Å²) in [5.74, 6) is 0.875. The molecule has 0 radical (unpaired) electrons. The molecule has 4 heterocycles. The minimum absolute atomic E-state index is 0.875. The average Bonchev–Trinajstić information content (AvgIpc) is 3.15. The van der Waals surface area contributed by atoms with Gasteiger partial charge in [-0.3, -0.25) is 5.32 Å². The van der Waals surface area contributed by atoms with Crippen LogP contribution in [0, 0.1) is 0 Å². The Hall–Kier alpha value is -2.34. The maximum atomic E-state index is 4.46. The molecule has 1 saturated heterocycles. The van der Waals surface area contributed by atoms with Gasteiger partial charge in [0, 0.05) is 36.9 Å². The molecular formula is C16H20N6. The quantitative estimate of drug-likeness (QED) is 0.679. The first kappa shape index (κ1) is 13.3. The van der Waals surface area contributed by atoms with Gasteiger partial charge in [0.1, 0.15) is 11.5 Å². The Morgan fingerprint density at radius 2 is 2.05 bits per heavy atom. The zero-order valence-electron chi connectivity index (χ0n) is 12.5. The van der Waals surface area contributed by atoms with E-state index < -0.39 is 0 Å². The van der Waals surface area contributed by atoms with Crippen LogP contribution in [-0.2, 0) is 0 Å². The highest BCUT2D eigenvalue weighted by atomic mass is 15.2. The lowest BCUT2D eigenvalue weighted by atomic mass is 10.1. The molecular weight excluding hydrogens is 276 g/mol. The van der Waals surface area contributed by atoms with Crippen molar-refractivity contribution in [3.05, 3.63) is 30.9 Å². The first-order chi connectivity index (χ1) is 10.9. The minimum Gasteiger partial charge on any atom is -0.358 e. The van der Waals surface area contributed by atoms with E-state index in [1.54, 1.807) is 6.20 Å². The van der Waals surface area contributed by atoms with Crippen molar-refractivity contribution in [3.63, 3.8) is 0 Å². The summed E-state index contributed by atoms with van der Waals surface area (Å²) in [4.78, 5) is 17.7. The van der Waals surface area contributed by atoms with Gasteiger partial charge < -0.3 is 14.9 Å². The number of aromatic amines is 2. The van der Waals surface area contributed by atoms with E-state index >= 15 is 0 Å². The lowest BCUT2D eigenvalue weighted by molar-refractivity contribution is 0.541. The van der Waals surface area contributed by atoms with Gasteiger partial charge in [0.2, 0.25) is 0 Å². The fraction of sp³-hybridized carbons (Fsp3) is 0.375. The molecule has 3 aromatic rings. The SMILES string of the molecule is c1c[nH]c(-c2c[nH]c3nccc(N4CCCCCNC4)c23)n1. The van der Waals surface area contributed by atoms with E-state index in [0.29, 0.717) is 0 Å². The molecule has 0 spiro atoms. The summed E-state index contributed by atoms with van der Waals surface area (Å²) in [7, 11) is 0. The van der Waals surface area contributed by atoms with Crippen LogP contribution in [0.3, 0.4) is 0 Å². The number of imidazole rings is 1. The lowest BCUT2D eigenvalue weighted by Gasteiger charge is -2.28. The first-order valence-corrected chi connectivity index (χ1v) is 7.85. The van der Waals surface area contributed by atoms with E-state index in [4.69, 9.17) is 0 Å². The minimum atomic E-state index is 0.875. The number of hydrogen-bond donors (Lipinski definition) is 3. The van der Waals surface area contributed by atoms with E-state index in [9.17, 15) is 0 Å². The molecule has 6 heteroatoms. The van der Waals surface area contributed by atoms with Crippen LogP contribution < -0.4 is 10.2 Å². The van der Waals surface area contributed by atoms with Gasteiger partial charge in [0.05, 0.1) is 17.7 Å². The van der Waals surface area contributed by atoms with E-state index in [2.05, 4.69) is 36.2 Å². The second kappa shape index (κ2) is 5.81. The van der Waals surface area contributed by atoms with Crippen LogP contribution in [-0.4, -0.2) is 39.7 Å². The topological polar surface area (TPSA) is 72.6 Å². The summed E-state index contributed by atoms with van der Waals surface area (Å²) in [5, 5.41) is 4.66. The van der Waals surface area contributed by atoms with Gasteiger partial charge in [-0.05, 0) is 25.5 Å². The fourth-order valence-corrected chi connectivity index (χ4v) is 3.13. The number of nitrogens with one attached hydrogen (secondary N) is 3. The van der Waals surface area contributed by atoms with Crippen LogP contribution in [0.2, 0.25) is 0 Å². The van der Waals surface area contributed by atoms with E-state index in [1.165, 1.54) is 24.9 Å². The molecule has 4 rings (SSSR count). The molecule has 0 atom stereocenters. The maximum Gasteiger partial charge on any atom is 0.140 e. The molecule has 3 aromatic heterocycles. The van der Waals surface area contributed by atoms with Crippen molar-refractivity contribution in [1.82, 2.24) is 25.3 Å². The Kier molecular flexibility index (Phi) is 3.52. The normalized spacial score (nSPS) is 16.6. The fourth-order valence-electron chi connectivity index (χ4n) is 3.13. The maximum absolute atomic E-state index is 4.46. The van der Waals surface area contributed by atoms with Gasteiger partial charge >= 0.3 is 0 Å². The molecule has 0 aromatic carbocycles. The molecule has 1 aliphatic rings. The van der Waals surface area contributed by atoms with E-state index in [0.717, 1.165) is 42.2 Å². The Bertz CT molecular complexity index is 737. The zero-order chi connectivity index (χ0) is 14.8. The van der Waals surface area contributed by atoms with Gasteiger partial charge in [-0.1, -0.05) is 6.42 Å². The number of fused-ring (bicyclic) bond motifs is 1. The van der Waals surface area contributed by atoms with Crippen LogP contribution in [0.25, 0.3) is 22.4 Å². The third kappa shape index (κ3) is 2.35. The number of H-pyrrole nitrogens is 2. The van der Waals surface area contributed by atoms with Crippen molar-refractivity contribution in [1.29, 1.82) is 0 Å². The summed E-state index contributed by atoms with van der Waals surface area (Å²) >= 11 is 0. The van der Waals surface area contributed by atoms with E-state index in [1.807, 2.05) is 18.6 Å². The van der Waals surface area contributed by atoms with Crippen LogP contribution in [0.4, 0.5) is 5.69 Å². The number of pyridine rings is 1. The lowest BCUT2D eigenvalue weighted by Crippen LogP contribution is -2.37. The third-order valence-electron chi connectivity index (χ3n) is 4.23. The van der Waals surface area contributed by atoms with Crippen molar-refractivity contribution in [2.45, 2.75) is 19.3 Å². The Labute approximate surface area is 129 Å². The molecule has 0 saturated carbocycles. The first-order valence-electron chi connectivity index (χ1n) is 7.85. The second-order valence-corrected chi connectivity index (χ2v) is 5.68. The summed E-state index contributed by atoms with van der Waals surface area (Å²) in [6.45, 7) is 3.03. The van der Waals surface area contributed by atoms with Gasteiger partial charge in [-0.25, -0.2) is 9.97 Å². The molecule has 0 aliphatic carbocycles. The second-order valence-electron chi connectivity index (χ2n) is 5.68. The number of nitrogens with zero attached hydrogens (tertiary/aromatic N) is 3. The number of rotatable bonds is 2. The highest BCUT2D eigenvalue weighted by molar-refractivity contribution is 6.01. The zero-order valence-corrected chi connectivity index (χ0v) is 12.5. The van der Waals surface area contributed by atoms with Crippen LogP contribution in [0.15, 0.2) is 30.9 Å². The van der Waals surface area contributed by atoms with Crippen molar-refractivity contribution >= 4 is 16.7 Å². The standard InChI is InChI=1S/C16H20N6/c1-2-5-17-11-22(9-3-1)13-4-6-18-16-14(13)12(10-21-16)15-19-7-8-20-15/h4,6-8,10,17H,1-3,5,9,11H2,(H,18,21)(H,19,20). The molecule has 1 aliphatic heterocycles. The molecule has 1 fully saturated rings. The predicted molar refractivity (Wildman–Crippen MR) is 87.7 cm³/mol. The Morgan fingerprint density at radius 3 is 2.95 bits per heavy atom. The Morgan fingerprint density at radius 1 is 1.05 bits per heavy atom. The molecule has 114 valence electrons. The monoisotopic (exact) mass is 296 g/mol. The highest BCUT2D eigenvalue weighted by Crippen LogP contribution is 2.33.